The SMILES string of the molecule is Cc1ccc(S(=O)(=O)N(C(=O)[C@@H]2CCCN2)[C@@](C)(Cc2ccc(OC(=O)N3CCOCC3)cc2)C(=O)OC(C)(C)C)cc1. The minimum absolute atomic E-state index is 0.107. The molecule has 234 valence electrons. The number of nitrogens with one attached hydrogen (secondary N) is 1. The van der Waals surface area contributed by atoms with Crippen LogP contribution in [0.5, 0.6) is 5.75 Å². The van der Waals surface area contributed by atoms with Crippen LogP contribution in [0.4, 0.5) is 4.79 Å². The Morgan fingerprint density at radius 2 is 1.63 bits per heavy atom. The smallest absolute Gasteiger partial charge is 0.415 e. The molecule has 0 unspecified atom stereocenters. The fourth-order valence-electron chi connectivity index (χ4n) is 5.08. The number of sulfonamides is 1. The first kappa shape index (κ1) is 32.4. The van der Waals surface area contributed by atoms with Crippen LogP contribution in [0.2, 0.25) is 0 Å². The molecule has 2 fully saturated rings. The van der Waals surface area contributed by atoms with E-state index in [1.54, 1.807) is 62.1 Å². The average Bonchev–Trinajstić information content (AvgIpc) is 3.49. The van der Waals surface area contributed by atoms with Gasteiger partial charge >= 0.3 is 12.1 Å². The minimum atomic E-state index is -4.51. The molecule has 1 N–H and O–H groups in total. The molecule has 2 saturated heterocycles. The van der Waals surface area contributed by atoms with Gasteiger partial charge in [0.2, 0.25) is 0 Å². The summed E-state index contributed by atoms with van der Waals surface area (Å²) < 4.78 is 45.8. The molecule has 2 atom stereocenters. The zero-order valence-electron chi connectivity index (χ0n) is 25.4. The molecule has 12 heteroatoms. The Labute approximate surface area is 253 Å². The summed E-state index contributed by atoms with van der Waals surface area (Å²) in [5.41, 5.74) is -1.52. The Bertz CT molecular complexity index is 1410. The molecule has 0 spiro atoms. The molecule has 4 rings (SSSR count). The van der Waals surface area contributed by atoms with Crippen LogP contribution in [0.25, 0.3) is 0 Å². The first-order valence-corrected chi connectivity index (χ1v) is 15.9. The van der Waals surface area contributed by atoms with Crippen molar-refractivity contribution in [1.29, 1.82) is 0 Å². The van der Waals surface area contributed by atoms with E-state index in [0.29, 0.717) is 55.6 Å². The third-order valence-electron chi connectivity index (χ3n) is 7.35. The number of amides is 2. The quantitative estimate of drug-likeness (QED) is 0.444. The molecule has 11 nitrogen and oxygen atoms in total. The molecule has 0 aromatic heterocycles. The second-order valence-electron chi connectivity index (χ2n) is 12.1. The van der Waals surface area contributed by atoms with Crippen LogP contribution in [-0.4, -0.2) is 85.6 Å². The number of rotatable bonds is 8. The van der Waals surface area contributed by atoms with E-state index in [0.717, 1.165) is 5.56 Å². The molecule has 0 saturated carbocycles. The Balaban J connectivity index is 1.72. The summed E-state index contributed by atoms with van der Waals surface area (Å²) in [6, 6.07) is 11.8. The monoisotopic (exact) mass is 615 g/mol. The molecular formula is C31H41N3O8S. The van der Waals surface area contributed by atoms with E-state index in [-0.39, 0.29) is 17.1 Å². The highest BCUT2D eigenvalue weighted by Gasteiger charge is 2.53. The zero-order valence-corrected chi connectivity index (χ0v) is 26.2. The summed E-state index contributed by atoms with van der Waals surface area (Å²) in [4.78, 5) is 42.0. The van der Waals surface area contributed by atoms with Crippen LogP contribution in [0.1, 0.15) is 51.7 Å². The molecule has 2 aromatic rings. The normalized spacial score (nSPS) is 18.9. The van der Waals surface area contributed by atoms with Gasteiger partial charge in [0.15, 0.2) is 5.54 Å². The molecule has 2 heterocycles. The Morgan fingerprint density at radius 1 is 1.00 bits per heavy atom. The number of benzene rings is 2. The molecule has 2 amide bonds. The van der Waals surface area contributed by atoms with Crippen LogP contribution in [0.3, 0.4) is 0 Å². The van der Waals surface area contributed by atoms with Gasteiger partial charge in [-0.25, -0.2) is 22.3 Å². The summed E-state index contributed by atoms with van der Waals surface area (Å²) in [6.07, 6.45) is 0.456. The number of carbonyl (C=O) groups is 3. The zero-order chi connectivity index (χ0) is 31.4. The van der Waals surface area contributed by atoms with Gasteiger partial charge in [0, 0.05) is 19.5 Å². The molecular weight excluding hydrogens is 574 g/mol. The number of hydrogen-bond donors (Lipinski definition) is 1. The lowest BCUT2D eigenvalue weighted by atomic mass is 9.91. The first-order valence-electron chi connectivity index (χ1n) is 14.5. The van der Waals surface area contributed by atoms with E-state index in [2.05, 4.69) is 5.32 Å². The van der Waals surface area contributed by atoms with Crippen molar-refractivity contribution in [3.63, 3.8) is 0 Å². The number of esters is 1. The number of ether oxygens (including phenoxy) is 3. The number of aryl methyl sites for hydroxylation is 1. The third-order valence-corrected chi connectivity index (χ3v) is 9.28. The maximum atomic E-state index is 14.3. The summed E-state index contributed by atoms with van der Waals surface area (Å²) >= 11 is 0. The van der Waals surface area contributed by atoms with E-state index in [1.807, 2.05) is 6.92 Å². The largest absolute Gasteiger partial charge is 0.458 e. The molecule has 0 radical (unpaired) electrons. The number of nitrogens with zero attached hydrogens (tertiary/aromatic N) is 2. The van der Waals surface area contributed by atoms with Gasteiger partial charge in [-0.3, -0.25) is 4.79 Å². The van der Waals surface area contributed by atoms with Gasteiger partial charge in [0.25, 0.3) is 15.9 Å². The number of carbonyl (C=O) groups excluding carboxylic acids is 3. The third kappa shape index (κ3) is 7.73. The minimum Gasteiger partial charge on any atom is -0.458 e. The van der Waals surface area contributed by atoms with Crippen LogP contribution < -0.4 is 10.1 Å². The Hall–Kier alpha value is -3.48. The number of morpholine rings is 1. The van der Waals surface area contributed by atoms with E-state index in [9.17, 15) is 22.8 Å². The second kappa shape index (κ2) is 13.0. The summed E-state index contributed by atoms with van der Waals surface area (Å²) in [6.45, 7) is 10.6. The fraction of sp³-hybridized carbons (Fsp3) is 0.516. The van der Waals surface area contributed by atoms with E-state index in [1.165, 1.54) is 19.1 Å². The highest BCUT2D eigenvalue weighted by molar-refractivity contribution is 7.89. The van der Waals surface area contributed by atoms with Gasteiger partial charge in [-0.2, -0.15) is 0 Å². The van der Waals surface area contributed by atoms with Crippen molar-refractivity contribution < 1.29 is 37.0 Å². The van der Waals surface area contributed by atoms with Gasteiger partial charge in [0.05, 0.1) is 24.2 Å². The fourth-order valence-corrected chi connectivity index (χ4v) is 6.80. The van der Waals surface area contributed by atoms with Gasteiger partial charge in [0.1, 0.15) is 11.4 Å². The molecule has 43 heavy (non-hydrogen) atoms. The van der Waals surface area contributed by atoms with Crippen molar-refractivity contribution in [3.05, 3.63) is 59.7 Å². The van der Waals surface area contributed by atoms with Crippen LogP contribution in [0, 0.1) is 6.92 Å². The summed E-state index contributed by atoms with van der Waals surface area (Å²) in [5.74, 6) is -1.29. The molecule has 0 bridgehead atoms. The van der Waals surface area contributed by atoms with Crippen LogP contribution >= 0.6 is 0 Å². The second-order valence-corrected chi connectivity index (χ2v) is 13.9. The lowest BCUT2D eigenvalue weighted by Crippen LogP contribution is -2.63. The highest BCUT2D eigenvalue weighted by atomic mass is 32.2. The molecule has 0 aliphatic carbocycles. The van der Waals surface area contributed by atoms with Crippen molar-refractivity contribution >= 4 is 28.0 Å². The standard InChI is InChI=1S/C31H41N3O8S/c1-22-8-14-25(15-9-22)43(38,39)34(27(35)26-7-6-16-32-26)31(5,28(36)42-30(2,3)4)21-23-10-12-24(13-11-23)41-29(37)33-17-19-40-20-18-33/h8-15,26,32H,6-7,16-21H2,1-5H3/t26-,31-/m0/s1. The lowest BCUT2D eigenvalue weighted by molar-refractivity contribution is -0.169. The average molecular weight is 616 g/mol. The van der Waals surface area contributed by atoms with Gasteiger partial charge < -0.3 is 24.4 Å². The van der Waals surface area contributed by atoms with Crippen molar-refractivity contribution in [3.8, 4) is 5.75 Å². The molecule has 2 aliphatic heterocycles. The predicted octanol–water partition coefficient (Wildman–Crippen LogP) is 3.44. The topological polar surface area (TPSA) is 132 Å². The first-order chi connectivity index (χ1) is 20.2. The van der Waals surface area contributed by atoms with E-state index in [4.69, 9.17) is 14.2 Å². The van der Waals surface area contributed by atoms with Crippen molar-refractivity contribution in [1.82, 2.24) is 14.5 Å². The highest BCUT2D eigenvalue weighted by Crippen LogP contribution is 2.33. The van der Waals surface area contributed by atoms with Gasteiger partial charge in [-0.05, 0) is 83.8 Å². The van der Waals surface area contributed by atoms with E-state index < -0.39 is 45.2 Å². The lowest BCUT2D eigenvalue weighted by Gasteiger charge is -2.41. The predicted molar refractivity (Wildman–Crippen MR) is 159 cm³/mol. The van der Waals surface area contributed by atoms with E-state index >= 15 is 0 Å². The Morgan fingerprint density at radius 3 is 2.19 bits per heavy atom. The molecule has 2 aromatic carbocycles. The van der Waals surface area contributed by atoms with Crippen molar-refractivity contribution in [2.24, 2.45) is 0 Å². The van der Waals surface area contributed by atoms with Gasteiger partial charge in [-0.15, -0.1) is 0 Å². The van der Waals surface area contributed by atoms with Crippen molar-refractivity contribution in [2.45, 2.75) is 76.0 Å². The maximum Gasteiger partial charge on any atom is 0.415 e. The number of hydrogen-bond acceptors (Lipinski definition) is 9. The Kier molecular flexibility index (Phi) is 9.83. The molecule has 2 aliphatic rings. The summed E-state index contributed by atoms with van der Waals surface area (Å²) in [5, 5.41) is 3.08. The van der Waals surface area contributed by atoms with Gasteiger partial charge in [-0.1, -0.05) is 29.8 Å². The summed E-state index contributed by atoms with van der Waals surface area (Å²) in [7, 11) is -4.51. The maximum absolute atomic E-state index is 14.3. The van der Waals surface area contributed by atoms with Crippen LogP contribution in [0.15, 0.2) is 53.4 Å². The van der Waals surface area contributed by atoms with Crippen molar-refractivity contribution in [2.75, 3.05) is 32.8 Å². The van der Waals surface area contributed by atoms with Crippen LogP contribution in [-0.2, 0) is 35.5 Å².